The molecule has 4 nitrogen and oxygen atoms in total. The Hall–Kier alpha value is -0.820. The van der Waals surface area contributed by atoms with E-state index in [0.29, 0.717) is 12.1 Å². The predicted octanol–water partition coefficient (Wildman–Crippen LogP) is 2.35. The minimum Gasteiger partial charge on any atom is -0.355 e. The normalized spacial score (nSPS) is 22.0. The Kier molecular flexibility index (Phi) is 8.17. The van der Waals surface area contributed by atoms with E-state index in [1.165, 1.54) is 12.0 Å². The fraction of sp³-hybridized carbons (Fsp3) is 0.588. The third-order valence-corrected chi connectivity index (χ3v) is 4.20. The van der Waals surface area contributed by atoms with Crippen LogP contribution in [-0.4, -0.2) is 50.6 Å². The van der Waals surface area contributed by atoms with E-state index in [4.69, 9.17) is 0 Å². The summed E-state index contributed by atoms with van der Waals surface area (Å²) < 4.78 is 0. The topological polar surface area (TPSA) is 39.7 Å². The molecule has 0 aliphatic heterocycles. The van der Waals surface area contributed by atoms with Crippen LogP contribution in [0.4, 0.5) is 0 Å². The lowest BCUT2D eigenvalue weighted by Gasteiger charge is -2.25. The van der Waals surface area contributed by atoms with Gasteiger partial charge in [0.2, 0.25) is 0 Å². The zero-order valence-electron chi connectivity index (χ0n) is 14.0. The van der Waals surface area contributed by atoms with Gasteiger partial charge in [0, 0.05) is 25.7 Å². The highest BCUT2D eigenvalue weighted by Crippen LogP contribution is 2.28. The van der Waals surface area contributed by atoms with Crippen molar-refractivity contribution in [3.63, 3.8) is 0 Å². The molecule has 0 heterocycles. The smallest absolute Gasteiger partial charge is 0.191 e. The first-order chi connectivity index (χ1) is 10.1. The first-order valence-corrected chi connectivity index (χ1v) is 7.77. The molecule has 0 saturated heterocycles. The number of halogens is 1. The van der Waals surface area contributed by atoms with Gasteiger partial charge in [0.1, 0.15) is 0 Å². The molecule has 1 aromatic rings. The van der Waals surface area contributed by atoms with Crippen molar-refractivity contribution in [1.29, 1.82) is 0 Å². The first-order valence-electron chi connectivity index (χ1n) is 7.77. The third-order valence-electron chi connectivity index (χ3n) is 4.20. The minimum atomic E-state index is 0. The van der Waals surface area contributed by atoms with Crippen LogP contribution in [0.1, 0.15) is 18.9 Å². The molecule has 0 amide bonds. The van der Waals surface area contributed by atoms with Crippen LogP contribution in [0.3, 0.4) is 0 Å². The summed E-state index contributed by atoms with van der Waals surface area (Å²) in [6.07, 6.45) is 2.29. The Bertz CT molecular complexity index is 461. The van der Waals surface area contributed by atoms with Crippen molar-refractivity contribution < 1.29 is 0 Å². The maximum absolute atomic E-state index is 4.32. The van der Waals surface area contributed by atoms with E-state index in [-0.39, 0.29) is 24.0 Å². The van der Waals surface area contributed by atoms with Gasteiger partial charge in [0.05, 0.1) is 0 Å². The summed E-state index contributed by atoms with van der Waals surface area (Å²) in [5.74, 6) is 1.70. The molecule has 1 aliphatic rings. The lowest BCUT2D eigenvalue weighted by atomic mass is 10.1. The second-order valence-corrected chi connectivity index (χ2v) is 6.22. The SMILES string of the molecule is CN=C(NCC(Cc1ccccc1)N(C)C)NC1CC1C.I. The summed E-state index contributed by atoms with van der Waals surface area (Å²) in [7, 11) is 6.10. The Labute approximate surface area is 151 Å². The van der Waals surface area contributed by atoms with Gasteiger partial charge >= 0.3 is 0 Å². The number of nitrogens with one attached hydrogen (secondary N) is 2. The Balaban J connectivity index is 0.00000242. The summed E-state index contributed by atoms with van der Waals surface area (Å²) in [6.45, 7) is 3.16. The van der Waals surface area contributed by atoms with Crippen LogP contribution in [0, 0.1) is 5.92 Å². The maximum atomic E-state index is 4.32. The van der Waals surface area contributed by atoms with Crippen molar-refractivity contribution in [2.45, 2.75) is 31.8 Å². The lowest BCUT2D eigenvalue weighted by Crippen LogP contribution is -2.46. The van der Waals surface area contributed by atoms with Crippen LogP contribution in [0.2, 0.25) is 0 Å². The summed E-state index contributed by atoms with van der Waals surface area (Å²) >= 11 is 0. The molecule has 1 fully saturated rings. The van der Waals surface area contributed by atoms with Crippen molar-refractivity contribution >= 4 is 29.9 Å². The molecule has 0 radical (unpaired) electrons. The number of likely N-dealkylation sites (N-methyl/N-ethyl adjacent to an activating group) is 1. The zero-order chi connectivity index (χ0) is 15.2. The molecule has 3 atom stereocenters. The Morgan fingerprint density at radius 1 is 1.32 bits per heavy atom. The van der Waals surface area contributed by atoms with Crippen molar-refractivity contribution in [3.05, 3.63) is 35.9 Å². The van der Waals surface area contributed by atoms with Gasteiger partial charge in [-0.1, -0.05) is 37.3 Å². The van der Waals surface area contributed by atoms with Gasteiger partial charge in [-0.2, -0.15) is 0 Å². The molecule has 5 heteroatoms. The van der Waals surface area contributed by atoms with E-state index in [1.54, 1.807) is 0 Å². The van der Waals surface area contributed by atoms with Crippen LogP contribution >= 0.6 is 24.0 Å². The number of benzene rings is 1. The molecule has 2 rings (SSSR count). The van der Waals surface area contributed by atoms with Crippen LogP contribution in [-0.2, 0) is 6.42 Å². The fourth-order valence-electron chi connectivity index (χ4n) is 2.43. The van der Waals surface area contributed by atoms with Crippen LogP contribution < -0.4 is 10.6 Å². The lowest BCUT2D eigenvalue weighted by molar-refractivity contribution is 0.290. The molecular weight excluding hydrogens is 387 g/mol. The zero-order valence-corrected chi connectivity index (χ0v) is 16.4. The second-order valence-electron chi connectivity index (χ2n) is 6.22. The van der Waals surface area contributed by atoms with Gasteiger partial charge in [-0.15, -0.1) is 24.0 Å². The van der Waals surface area contributed by atoms with E-state index >= 15 is 0 Å². The van der Waals surface area contributed by atoms with Crippen molar-refractivity contribution in [1.82, 2.24) is 15.5 Å². The highest BCUT2D eigenvalue weighted by molar-refractivity contribution is 14.0. The quantitative estimate of drug-likeness (QED) is 0.425. The van der Waals surface area contributed by atoms with Crippen LogP contribution in [0.25, 0.3) is 0 Å². The molecular formula is C17H29IN4. The van der Waals surface area contributed by atoms with Crippen molar-refractivity contribution in [3.8, 4) is 0 Å². The van der Waals surface area contributed by atoms with E-state index in [0.717, 1.165) is 24.8 Å². The summed E-state index contributed by atoms with van der Waals surface area (Å²) in [5.41, 5.74) is 1.37. The van der Waals surface area contributed by atoms with Crippen LogP contribution in [0.5, 0.6) is 0 Å². The molecule has 0 aromatic heterocycles. The van der Waals surface area contributed by atoms with E-state index in [1.807, 2.05) is 7.05 Å². The van der Waals surface area contributed by atoms with Gasteiger partial charge < -0.3 is 15.5 Å². The van der Waals surface area contributed by atoms with Gasteiger partial charge in [-0.3, -0.25) is 4.99 Å². The Morgan fingerprint density at radius 2 is 1.95 bits per heavy atom. The molecule has 1 saturated carbocycles. The molecule has 0 spiro atoms. The molecule has 0 bridgehead atoms. The average molecular weight is 416 g/mol. The first kappa shape index (κ1) is 19.2. The molecule has 3 unspecified atom stereocenters. The maximum Gasteiger partial charge on any atom is 0.191 e. The molecule has 22 heavy (non-hydrogen) atoms. The number of rotatable bonds is 6. The Morgan fingerprint density at radius 3 is 2.45 bits per heavy atom. The van der Waals surface area contributed by atoms with Gasteiger partial charge in [0.25, 0.3) is 0 Å². The fourth-order valence-corrected chi connectivity index (χ4v) is 2.43. The monoisotopic (exact) mass is 416 g/mol. The summed E-state index contributed by atoms with van der Waals surface area (Å²) in [6, 6.07) is 11.7. The van der Waals surface area contributed by atoms with Crippen molar-refractivity contribution in [2.75, 3.05) is 27.7 Å². The number of guanidine groups is 1. The standard InChI is InChI=1S/C17H28N4.HI/c1-13-10-16(13)20-17(18-2)19-12-15(21(3)4)11-14-8-6-5-7-9-14;/h5-9,13,15-16H,10-12H2,1-4H3,(H2,18,19,20);1H. The van der Waals surface area contributed by atoms with E-state index < -0.39 is 0 Å². The number of hydrogen-bond acceptors (Lipinski definition) is 2. The second kappa shape index (κ2) is 9.35. The number of hydrogen-bond donors (Lipinski definition) is 2. The van der Waals surface area contributed by atoms with Gasteiger partial charge in [0.15, 0.2) is 5.96 Å². The number of aliphatic imine (C=N–C) groups is 1. The highest BCUT2D eigenvalue weighted by Gasteiger charge is 2.33. The van der Waals surface area contributed by atoms with Crippen molar-refractivity contribution in [2.24, 2.45) is 10.9 Å². The summed E-state index contributed by atoms with van der Waals surface area (Å²) in [5, 5.41) is 6.93. The van der Waals surface area contributed by atoms with Gasteiger partial charge in [-0.25, -0.2) is 0 Å². The molecule has 1 aromatic carbocycles. The molecule has 1 aliphatic carbocycles. The average Bonchev–Trinajstić information content (AvgIpc) is 3.17. The third kappa shape index (κ3) is 6.12. The number of nitrogens with zero attached hydrogens (tertiary/aromatic N) is 2. The predicted molar refractivity (Wildman–Crippen MR) is 105 cm³/mol. The summed E-state index contributed by atoms with van der Waals surface area (Å²) in [4.78, 5) is 6.59. The molecule has 2 N–H and O–H groups in total. The van der Waals surface area contributed by atoms with E-state index in [2.05, 4.69) is 71.9 Å². The van der Waals surface area contributed by atoms with Gasteiger partial charge in [-0.05, 0) is 38.4 Å². The largest absolute Gasteiger partial charge is 0.355 e. The van der Waals surface area contributed by atoms with E-state index in [9.17, 15) is 0 Å². The van der Waals surface area contributed by atoms with Crippen LogP contribution in [0.15, 0.2) is 35.3 Å². The highest BCUT2D eigenvalue weighted by atomic mass is 127. The molecule has 124 valence electrons. The minimum absolute atomic E-state index is 0.